The van der Waals surface area contributed by atoms with E-state index in [-0.39, 0.29) is 5.54 Å². The zero-order chi connectivity index (χ0) is 14.2. The Hall–Kier alpha value is -1.61. The molecule has 1 aromatic carbocycles. The van der Waals surface area contributed by atoms with Crippen molar-refractivity contribution in [3.8, 4) is 0 Å². The van der Waals surface area contributed by atoms with Crippen LogP contribution in [0.15, 0.2) is 30.3 Å². The number of likely N-dealkylation sites (N-methyl/N-ethyl adjacent to an activating group) is 1. The van der Waals surface area contributed by atoms with E-state index in [2.05, 4.69) is 54.4 Å². The highest BCUT2D eigenvalue weighted by Crippen LogP contribution is 2.29. The highest BCUT2D eigenvalue weighted by Gasteiger charge is 2.25. The third kappa shape index (κ3) is 2.50. The van der Waals surface area contributed by atoms with Crippen LogP contribution >= 0.6 is 0 Å². The first-order valence-corrected chi connectivity index (χ1v) is 7.42. The maximum atomic E-state index is 4.91. The minimum absolute atomic E-state index is 0.0991. The van der Waals surface area contributed by atoms with Crippen LogP contribution in [0.3, 0.4) is 0 Å². The van der Waals surface area contributed by atoms with Gasteiger partial charge in [0.05, 0.1) is 5.52 Å². The van der Waals surface area contributed by atoms with E-state index in [0.29, 0.717) is 0 Å². The number of pyridine rings is 1. The first-order valence-electron chi connectivity index (χ1n) is 7.42. The lowest BCUT2D eigenvalue weighted by molar-refractivity contribution is 0.414. The summed E-state index contributed by atoms with van der Waals surface area (Å²) in [5.74, 6) is 1.18. The minimum atomic E-state index is 0.0991. The number of para-hydroxylation sites is 1. The Morgan fingerprint density at radius 3 is 2.90 bits per heavy atom. The number of aromatic nitrogens is 1. The lowest BCUT2D eigenvalue weighted by Crippen LogP contribution is -2.49. The van der Waals surface area contributed by atoms with Gasteiger partial charge in [-0.3, -0.25) is 0 Å². The first kappa shape index (κ1) is 13.4. The van der Waals surface area contributed by atoms with Gasteiger partial charge in [-0.2, -0.15) is 0 Å². The lowest BCUT2D eigenvalue weighted by Gasteiger charge is -2.36. The van der Waals surface area contributed by atoms with Crippen molar-refractivity contribution in [2.24, 2.45) is 0 Å². The summed E-state index contributed by atoms with van der Waals surface area (Å²) in [4.78, 5) is 7.35. The largest absolute Gasteiger partial charge is 0.355 e. The van der Waals surface area contributed by atoms with Crippen LogP contribution in [0.25, 0.3) is 10.9 Å². The third-order valence-corrected chi connectivity index (χ3v) is 4.22. The van der Waals surface area contributed by atoms with Gasteiger partial charge in [0.1, 0.15) is 5.82 Å². The average Bonchev–Trinajstić information content (AvgIpc) is 2.45. The Balaban J connectivity index is 2.01. The van der Waals surface area contributed by atoms with Crippen LogP contribution in [0, 0.1) is 0 Å². The Bertz CT molecular complexity index is 619. The molecule has 3 nitrogen and oxygen atoms in total. The number of benzene rings is 1. The average molecular weight is 269 g/mol. The quantitative estimate of drug-likeness (QED) is 0.928. The monoisotopic (exact) mass is 269 g/mol. The second-order valence-electron chi connectivity index (χ2n) is 6.32. The Labute approximate surface area is 121 Å². The second kappa shape index (κ2) is 5.06. The van der Waals surface area contributed by atoms with Crippen molar-refractivity contribution in [2.75, 3.05) is 25.0 Å². The highest BCUT2D eigenvalue weighted by atomic mass is 15.2. The van der Waals surface area contributed by atoms with E-state index in [4.69, 9.17) is 4.98 Å². The van der Waals surface area contributed by atoms with Crippen LogP contribution in [0.1, 0.15) is 25.8 Å². The molecule has 3 rings (SSSR count). The van der Waals surface area contributed by atoms with E-state index < -0.39 is 0 Å². The topological polar surface area (TPSA) is 28.2 Å². The molecule has 2 aromatic rings. The number of hydrogen-bond donors (Lipinski definition) is 1. The molecule has 0 atom stereocenters. The van der Waals surface area contributed by atoms with Gasteiger partial charge < -0.3 is 10.2 Å². The highest BCUT2D eigenvalue weighted by molar-refractivity contribution is 5.82. The van der Waals surface area contributed by atoms with Crippen LogP contribution in [0.2, 0.25) is 0 Å². The van der Waals surface area contributed by atoms with E-state index in [1.807, 2.05) is 7.05 Å². The molecule has 0 amide bonds. The Morgan fingerprint density at radius 1 is 1.30 bits per heavy atom. The fraction of sp³-hybridized carbons (Fsp3) is 0.471. The molecule has 0 aliphatic carbocycles. The fourth-order valence-corrected chi connectivity index (χ4v) is 2.88. The van der Waals surface area contributed by atoms with Crippen molar-refractivity contribution in [2.45, 2.75) is 32.2 Å². The van der Waals surface area contributed by atoms with Gasteiger partial charge >= 0.3 is 0 Å². The van der Waals surface area contributed by atoms with Crippen LogP contribution < -0.4 is 10.2 Å². The molecule has 1 aliphatic heterocycles. The van der Waals surface area contributed by atoms with Gasteiger partial charge in [0, 0.05) is 24.0 Å². The molecular formula is C17H23N3. The maximum Gasteiger partial charge on any atom is 0.132 e. The maximum absolute atomic E-state index is 4.91. The lowest BCUT2D eigenvalue weighted by atomic mass is 9.99. The predicted octanol–water partition coefficient (Wildman–Crippen LogP) is 2.99. The predicted molar refractivity (Wildman–Crippen MR) is 85.4 cm³/mol. The third-order valence-electron chi connectivity index (χ3n) is 4.22. The van der Waals surface area contributed by atoms with Crippen molar-refractivity contribution in [3.63, 3.8) is 0 Å². The van der Waals surface area contributed by atoms with E-state index >= 15 is 0 Å². The summed E-state index contributed by atoms with van der Waals surface area (Å²) in [6.45, 7) is 6.57. The van der Waals surface area contributed by atoms with Crippen LogP contribution in [-0.2, 0) is 6.42 Å². The van der Waals surface area contributed by atoms with Gasteiger partial charge in [0.2, 0.25) is 0 Å². The summed E-state index contributed by atoms with van der Waals surface area (Å²) in [5.41, 5.74) is 2.59. The molecule has 0 saturated carbocycles. The second-order valence-corrected chi connectivity index (χ2v) is 6.32. The molecule has 0 fully saturated rings. The molecule has 0 saturated heterocycles. The summed E-state index contributed by atoms with van der Waals surface area (Å²) in [6.07, 6.45) is 2.36. The van der Waals surface area contributed by atoms with E-state index in [9.17, 15) is 0 Å². The number of nitrogens with one attached hydrogen (secondary N) is 1. The van der Waals surface area contributed by atoms with Crippen LogP contribution in [0.4, 0.5) is 5.82 Å². The molecule has 1 N–H and O–H groups in total. The van der Waals surface area contributed by atoms with E-state index in [1.54, 1.807) is 0 Å². The van der Waals surface area contributed by atoms with Crippen molar-refractivity contribution in [1.29, 1.82) is 0 Å². The molecule has 1 aromatic heterocycles. The summed E-state index contributed by atoms with van der Waals surface area (Å²) in [5, 5.41) is 4.64. The SMILES string of the molecule is CNC(C)(C)CN1CCCc2cc3ccccc3nc21. The van der Waals surface area contributed by atoms with Crippen molar-refractivity contribution >= 4 is 16.7 Å². The molecule has 0 radical (unpaired) electrons. The fourth-order valence-electron chi connectivity index (χ4n) is 2.88. The van der Waals surface area contributed by atoms with Gasteiger partial charge in [-0.05, 0) is 51.4 Å². The van der Waals surface area contributed by atoms with Gasteiger partial charge in [-0.15, -0.1) is 0 Å². The van der Waals surface area contributed by atoms with Crippen LogP contribution in [0.5, 0.6) is 0 Å². The number of fused-ring (bicyclic) bond motifs is 2. The van der Waals surface area contributed by atoms with Crippen LogP contribution in [-0.4, -0.2) is 30.7 Å². The molecule has 1 aliphatic rings. The number of anilines is 1. The Morgan fingerprint density at radius 2 is 2.10 bits per heavy atom. The number of aryl methyl sites for hydroxylation is 1. The summed E-state index contributed by atoms with van der Waals surface area (Å²) >= 11 is 0. The van der Waals surface area contributed by atoms with Gasteiger partial charge in [0.25, 0.3) is 0 Å². The molecule has 20 heavy (non-hydrogen) atoms. The molecule has 0 bridgehead atoms. The van der Waals surface area contributed by atoms with Gasteiger partial charge in [0.15, 0.2) is 0 Å². The Kier molecular flexibility index (Phi) is 3.38. The van der Waals surface area contributed by atoms with Gasteiger partial charge in [-0.1, -0.05) is 18.2 Å². The summed E-state index contributed by atoms with van der Waals surface area (Å²) in [7, 11) is 2.03. The minimum Gasteiger partial charge on any atom is -0.355 e. The van der Waals surface area contributed by atoms with E-state index in [0.717, 1.165) is 25.0 Å². The standard InChI is InChI=1S/C17H23N3/c1-17(2,18-3)12-20-10-6-8-14-11-13-7-4-5-9-15(13)19-16(14)20/h4-5,7,9,11,18H,6,8,10,12H2,1-3H3. The van der Waals surface area contributed by atoms with Crippen molar-refractivity contribution in [3.05, 3.63) is 35.9 Å². The first-order chi connectivity index (χ1) is 9.59. The molecule has 0 unspecified atom stereocenters. The summed E-state index contributed by atoms with van der Waals surface area (Å²) < 4.78 is 0. The molecule has 0 spiro atoms. The number of rotatable bonds is 3. The molecule has 3 heteroatoms. The zero-order valence-electron chi connectivity index (χ0n) is 12.6. The van der Waals surface area contributed by atoms with Crippen molar-refractivity contribution in [1.82, 2.24) is 10.3 Å². The summed E-state index contributed by atoms with van der Waals surface area (Å²) in [6, 6.07) is 10.7. The smallest absolute Gasteiger partial charge is 0.132 e. The number of nitrogens with zero attached hydrogens (tertiary/aromatic N) is 2. The molecule has 2 heterocycles. The molecular weight excluding hydrogens is 246 g/mol. The molecule has 106 valence electrons. The zero-order valence-corrected chi connectivity index (χ0v) is 12.6. The number of hydrogen-bond acceptors (Lipinski definition) is 3. The van der Waals surface area contributed by atoms with E-state index in [1.165, 1.54) is 23.2 Å². The van der Waals surface area contributed by atoms with Gasteiger partial charge in [-0.25, -0.2) is 4.98 Å². The normalized spacial score (nSPS) is 15.4. The van der Waals surface area contributed by atoms with Crippen molar-refractivity contribution < 1.29 is 0 Å².